The third-order valence-corrected chi connectivity index (χ3v) is 2.10. The van der Waals surface area contributed by atoms with Gasteiger partial charge >= 0.3 is 0 Å². The van der Waals surface area contributed by atoms with Crippen LogP contribution >= 0.6 is 11.8 Å². The zero-order valence-corrected chi connectivity index (χ0v) is 6.26. The van der Waals surface area contributed by atoms with E-state index in [9.17, 15) is 14.7 Å². The van der Waals surface area contributed by atoms with E-state index in [0.29, 0.717) is 0 Å². The molecule has 11 heavy (non-hydrogen) atoms. The summed E-state index contributed by atoms with van der Waals surface area (Å²) in [6, 6.07) is 0. The monoisotopic (exact) mass is 173 g/mol. The molecule has 1 rings (SSSR count). The van der Waals surface area contributed by atoms with Crippen LogP contribution in [0.3, 0.4) is 0 Å². The van der Waals surface area contributed by atoms with Gasteiger partial charge in [0.05, 0.1) is 5.25 Å². The average molecular weight is 173 g/mol. The quantitative estimate of drug-likeness (QED) is 0.525. The molecule has 1 aliphatic rings. The van der Waals surface area contributed by atoms with E-state index in [0.717, 1.165) is 11.8 Å². The molecule has 0 aromatic carbocycles. The molecule has 1 heterocycles. The lowest BCUT2D eigenvalue weighted by molar-refractivity contribution is -0.305. The number of rotatable bonds is 2. The molecular formula is C5H5N2O3S-. The van der Waals surface area contributed by atoms with Crippen molar-refractivity contribution in [3.63, 3.8) is 0 Å². The summed E-state index contributed by atoms with van der Waals surface area (Å²) in [5, 5.41) is 9.48. The van der Waals surface area contributed by atoms with Crippen molar-refractivity contribution in [2.24, 2.45) is 10.7 Å². The SMILES string of the molecule is NC1=NC(=O)[C@@H](CC(=O)[O-])S1. The maximum absolute atomic E-state index is 10.7. The number of carboxylic acids is 1. The van der Waals surface area contributed by atoms with Gasteiger partial charge in [-0.2, -0.15) is 4.99 Å². The summed E-state index contributed by atoms with van der Waals surface area (Å²) in [6.07, 6.45) is -0.326. The summed E-state index contributed by atoms with van der Waals surface area (Å²) in [4.78, 5) is 24.1. The molecule has 60 valence electrons. The largest absolute Gasteiger partial charge is 0.550 e. The zero-order valence-electron chi connectivity index (χ0n) is 5.44. The molecule has 0 bridgehead atoms. The van der Waals surface area contributed by atoms with Crippen molar-refractivity contribution in [2.45, 2.75) is 11.7 Å². The van der Waals surface area contributed by atoms with Gasteiger partial charge < -0.3 is 15.6 Å². The Kier molecular flexibility index (Phi) is 2.13. The number of thioether (sulfide) groups is 1. The van der Waals surface area contributed by atoms with E-state index in [-0.39, 0.29) is 11.6 Å². The highest BCUT2D eigenvalue weighted by atomic mass is 32.2. The fourth-order valence-electron chi connectivity index (χ4n) is 0.683. The summed E-state index contributed by atoms with van der Waals surface area (Å²) in [5.41, 5.74) is 5.17. The topological polar surface area (TPSA) is 95.6 Å². The highest BCUT2D eigenvalue weighted by Gasteiger charge is 2.26. The first-order valence-electron chi connectivity index (χ1n) is 2.84. The number of hydrogen-bond acceptors (Lipinski definition) is 5. The zero-order chi connectivity index (χ0) is 8.43. The van der Waals surface area contributed by atoms with Gasteiger partial charge in [-0.15, -0.1) is 0 Å². The van der Waals surface area contributed by atoms with Crippen LogP contribution in [0.15, 0.2) is 4.99 Å². The second-order valence-corrected chi connectivity index (χ2v) is 3.19. The van der Waals surface area contributed by atoms with Crippen LogP contribution in [0.1, 0.15) is 6.42 Å². The molecular weight excluding hydrogens is 168 g/mol. The molecule has 0 aromatic heterocycles. The van der Waals surface area contributed by atoms with Gasteiger partial charge in [0, 0.05) is 12.4 Å². The van der Waals surface area contributed by atoms with Gasteiger partial charge in [0.25, 0.3) is 5.91 Å². The highest BCUT2D eigenvalue weighted by Crippen LogP contribution is 2.21. The van der Waals surface area contributed by atoms with Crippen molar-refractivity contribution in [3.8, 4) is 0 Å². The highest BCUT2D eigenvalue weighted by molar-refractivity contribution is 8.15. The Morgan fingerprint density at radius 1 is 1.82 bits per heavy atom. The smallest absolute Gasteiger partial charge is 0.262 e. The lowest BCUT2D eigenvalue weighted by Gasteiger charge is -2.05. The number of nitrogens with two attached hydrogens (primary N) is 1. The van der Waals surface area contributed by atoms with Crippen molar-refractivity contribution in [1.82, 2.24) is 0 Å². The standard InChI is InChI=1S/C5H6N2O3S/c6-5-7-4(10)2(11-5)1-3(8)9/h2H,1H2,(H,8,9)(H2,6,7,10)/p-1/t2-/m1/s1. The van der Waals surface area contributed by atoms with Crippen LogP contribution in [0, 0.1) is 0 Å². The Hall–Kier alpha value is -1.04. The van der Waals surface area contributed by atoms with Crippen LogP contribution in [0.25, 0.3) is 0 Å². The van der Waals surface area contributed by atoms with Crippen molar-refractivity contribution in [1.29, 1.82) is 0 Å². The molecule has 0 fully saturated rings. The summed E-state index contributed by atoms with van der Waals surface area (Å²) in [6.45, 7) is 0. The van der Waals surface area contributed by atoms with E-state index in [1.807, 2.05) is 0 Å². The van der Waals surface area contributed by atoms with Crippen LogP contribution < -0.4 is 10.8 Å². The predicted octanol–water partition coefficient (Wildman–Crippen LogP) is -1.92. The van der Waals surface area contributed by atoms with Crippen molar-refractivity contribution in [2.75, 3.05) is 0 Å². The number of aliphatic imine (C=N–C) groups is 1. The molecule has 0 saturated heterocycles. The van der Waals surface area contributed by atoms with Gasteiger partial charge in [0.1, 0.15) is 0 Å². The van der Waals surface area contributed by atoms with Gasteiger partial charge in [-0.1, -0.05) is 11.8 Å². The fourth-order valence-corrected chi connectivity index (χ4v) is 1.49. The molecule has 6 heteroatoms. The number of amides is 1. The Morgan fingerprint density at radius 2 is 2.45 bits per heavy atom. The molecule has 0 saturated carbocycles. The fraction of sp³-hybridized carbons (Fsp3) is 0.400. The number of amidine groups is 1. The minimum atomic E-state index is -1.26. The Balaban J connectivity index is 2.53. The molecule has 1 amide bonds. The molecule has 0 radical (unpaired) electrons. The number of nitrogens with zero attached hydrogens (tertiary/aromatic N) is 1. The Morgan fingerprint density at radius 3 is 2.82 bits per heavy atom. The molecule has 0 spiro atoms. The normalized spacial score (nSPS) is 23.5. The summed E-state index contributed by atoms with van der Waals surface area (Å²) < 4.78 is 0. The van der Waals surface area contributed by atoms with E-state index < -0.39 is 17.1 Å². The molecule has 1 aliphatic heterocycles. The Bertz CT molecular complexity index is 238. The predicted molar refractivity (Wildman–Crippen MR) is 37.6 cm³/mol. The van der Waals surface area contributed by atoms with E-state index in [1.54, 1.807) is 0 Å². The maximum atomic E-state index is 10.7. The molecule has 0 aromatic rings. The number of aliphatic carboxylic acids is 1. The summed E-state index contributed by atoms with van der Waals surface area (Å²) >= 11 is 0.959. The first kappa shape index (κ1) is 8.06. The van der Waals surface area contributed by atoms with Gasteiger partial charge in [-0.3, -0.25) is 4.79 Å². The van der Waals surface area contributed by atoms with Crippen molar-refractivity contribution >= 4 is 28.8 Å². The first-order valence-corrected chi connectivity index (χ1v) is 3.72. The van der Waals surface area contributed by atoms with Crippen molar-refractivity contribution < 1.29 is 14.7 Å². The van der Waals surface area contributed by atoms with E-state index in [2.05, 4.69) is 4.99 Å². The molecule has 1 atom stereocenters. The molecule has 0 unspecified atom stereocenters. The number of carboxylic acid groups (broad SMARTS) is 1. The minimum Gasteiger partial charge on any atom is -0.550 e. The average Bonchev–Trinajstić information content (AvgIpc) is 2.09. The minimum absolute atomic E-state index is 0.126. The molecule has 5 nitrogen and oxygen atoms in total. The van der Waals surface area contributed by atoms with Crippen LogP contribution in [0.5, 0.6) is 0 Å². The maximum Gasteiger partial charge on any atom is 0.262 e. The Labute approximate surface area is 66.7 Å². The van der Waals surface area contributed by atoms with E-state index in [4.69, 9.17) is 5.73 Å². The first-order chi connectivity index (χ1) is 5.09. The van der Waals surface area contributed by atoms with Gasteiger partial charge in [-0.05, 0) is 0 Å². The lowest BCUT2D eigenvalue weighted by atomic mass is 10.3. The number of hydrogen-bond donors (Lipinski definition) is 1. The van der Waals surface area contributed by atoms with Gasteiger partial charge in [0.15, 0.2) is 5.17 Å². The second-order valence-electron chi connectivity index (χ2n) is 1.97. The number of carbonyl (C=O) groups is 2. The number of carbonyl (C=O) groups excluding carboxylic acids is 2. The molecule has 2 N–H and O–H groups in total. The summed E-state index contributed by atoms with van der Waals surface area (Å²) in [7, 11) is 0. The third kappa shape index (κ3) is 1.94. The second kappa shape index (κ2) is 2.91. The van der Waals surface area contributed by atoms with Gasteiger partial charge in [0.2, 0.25) is 0 Å². The summed E-state index contributed by atoms with van der Waals surface area (Å²) in [5.74, 6) is -1.75. The lowest BCUT2D eigenvalue weighted by Crippen LogP contribution is -2.28. The van der Waals surface area contributed by atoms with Crippen LogP contribution in [-0.4, -0.2) is 22.3 Å². The van der Waals surface area contributed by atoms with Crippen LogP contribution in [0.4, 0.5) is 0 Å². The van der Waals surface area contributed by atoms with Crippen LogP contribution in [0.2, 0.25) is 0 Å². The van der Waals surface area contributed by atoms with Crippen molar-refractivity contribution in [3.05, 3.63) is 0 Å². The molecule has 0 aliphatic carbocycles. The van der Waals surface area contributed by atoms with Crippen LogP contribution in [-0.2, 0) is 9.59 Å². The van der Waals surface area contributed by atoms with Gasteiger partial charge in [-0.25, -0.2) is 0 Å². The third-order valence-electron chi connectivity index (χ3n) is 1.11. The van der Waals surface area contributed by atoms with E-state index >= 15 is 0 Å². The van der Waals surface area contributed by atoms with E-state index in [1.165, 1.54) is 0 Å².